The van der Waals surface area contributed by atoms with Gasteiger partial charge >= 0.3 is 5.97 Å². The number of benzene rings is 7. The van der Waals surface area contributed by atoms with E-state index in [0.29, 0.717) is 0 Å². The fourth-order valence-electron chi connectivity index (χ4n) is 11.2. The van der Waals surface area contributed by atoms with Crippen molar-refractivity contribution < 1.29 is 103 Å². The van der Waals surface area contributed by atoms with Gasteiger partial charge in [0.05, 0.1) is 7.11 Å². The molecule has 28 heteroatoms. The number of hydrogen-bond donors (Lipinski definition) is 15. The summed E-state index contributed by atoms with van der Waals surface area (Å²) in [7, 11) is 0.965. The van der Waals surface area contributed by atoms with E-state index in [2.05, 4.69) is 37.2 Å². The lowest BCUT2D eigenvalue weighted by atomic mass is 9.89. The van der Waals surface area contributed by atoms with Gasteiger partial charge in [0, 0.05) is 34.7 Å². The molecule has 13 rings (SSSR count). The number of phenolic OH excluding ortho intramolecular Hbond substituents is 6. The van der Waals surface area contributed by atoms with E-state index in [9.17, 15) is 64.8 Å². The van der Waals surface area contributed by atoms with E-state index >= 15 is 19.2 Å². The van der Waals surface area contributed by atoms with Crippen molar-refractivity contribution in [3.05, 3.63) is 166 Å². The van der Waals surface area contributed by atoms with Gasteiger partial charge in [0.2, 0.25) is 47.0 Å². The van der Waals surface area contributed by atoms with Gasteiger partial charge < -0.3 is 97.0 Å². The number of hydrogen-bond acceptors (Lipinski definition) is 21. The Kier molecular flexibility index (Phi) is 17.2. The number of phenols is 6. The Morgan fingerprint density at radius 3 is 1.57 bits per heavy atom. The van der Waals surface area contributed by atoms with Crippen LogP contribution in [0.4, 0.5) is 0 Å². The van der Waals surface area contributed by atoms with Crippen molar-refractivity contribution in [1.29, 1.82) is 0 Å². The molecule has 6 heterocycles. The van der Waals surface area contributed by atoms with Crippen LogP contribution in [0.1, 0.15) is 107 Å². The van der Waals surface area contributed by atoms with Crippen LogP contribution in [0, 0.1) is 12.8 Å². The molecule has 7 aromatic carbocycles. The van der Waals surface area contributed by atoms with Gasteiger partial charge in [0.25, 0.3) is 5.91 Å². The number of nitrogens with one attached hydrogen (secondary N) is 7. The molecule has 28 nitrogen and oxygen atoms in total. The van der Waals surface area contributed by atoms with Gasteiger partial charge in [-0.3, -0.25) is 38.4 Å². The monoisotopic (exact) mass is 1290 g/mol. The van der Waals surface area contributed by atoms with Crippen molar-refractivity contribution in [3.63, 3.8) is 0 Å². The fraction of sp³-hybridized carbons (Fsp3) is 0.227. The summed E-state index contributed by atoms with van der Waals surface area (Å²) in [4.78, 5) is 132. The molecule has 0 radical (unpaired) electrons. The predicted molar refractivity (Wildman–Crippen MR) is 324 cm³/mol. The van der Waals surface area contributed by atoms with Crippen LogP contribution in [0.3, 0.4) is 0 Å². The SMILES string of the molecule is COC(=O)[C@H]1NC(=O)[C@H]2NC(=O)[C@H](NC(=O)[C@@H]3NC(=O)[C@H]4NC(=O)[C@H](NC(=O)[C@H](NC(=O)C(=O)CC(C)C)c5ccc(O)c(c5)Oc5cc4cc(O)c5C)[C@H](O)c4ccc(cc4)Oc4cc3cc(c4O)Oc3ccc(cc3)[C@H]2O)c2ccc(O)c(c2)-c2c(O)cc(O)cc21. The molecule has 0 spiro atoms. The minimum atomic E-state index is -2.20. The van der Waals surface area contributed by atoms with E-state index in [1.54, 1.807) is 13.8 Å². The van der Waals surface area contributed by atoms with E-state index in [1.807, 2.05) is 0 Å². The van der Waals surface area contributed by atoms with E-state index < -0.39 is 165 Å². The number of Topliss-reactive ketones (excluding diaryl/α,β-unsaturated/α-hetero) is 1. The smallest absolute Gasteiger partial charge is 0.333 e. The third kappa shape index (κ3) is 12.5. The largest absolute Gasteiger partial charge is 0.508 e. The van der Waals surface area contributed by atoms with E-state index in [-0.39, 0.29) is 79.7 Å². The molecule has 7 amide bonds. The van der Waals surface area contributed by atoms with E-state index in [0.717, 1.165) is 73.8 Å². The number of aliphatic hydroxyl groups excluding tert-OH is 2. The predicted octanol–water partition coefficient (Wildman–Crippen LogP) is 4.34. The Morgan fingerprint density at radius 1 is 0.500 bits per heavy atom. The number of amides is 7. The summed E-state index contributed by atoms with van der Waals surface area (Å²) in [5.41, 5.74) is -2.36. The number of carbonyl (C=O) groups is 9. The zero-order chi connectivity index (χ0) is 67.3. The van der Waals surface area contributed by atoms with Crippen molar-refractivity contribution in [3.8, 4) is 80.1 Å². The molecule has 15 N–H and O–H groups in total. The number of carbonyl (C=O) groups excluding carboxylic acids is 9. The Balaban J connectivity index is 1.12. The highest BCUT2D eigenvalue weighted by Gasteiger charge is 2.43. The van der Waals surface area contributed by atoms with E-state index in [4.69, 9.17) is 18.9 Å². The van der Waals surface area contributed by atoms with Crippen LogP contribution < -0.4 is 51.4 Å². The molecule has 17 bridgehead atoms. The minimum absolute atomic E-state index is 0.0324. The highest BCUT2D eigenvalue weighted by molar-refractivity contribution is 6.36. The standard InChI is InChI=1S/C66H59N7O21/c1-26(2)17-43(79)59(83)67-50-31-10-16-40(76)45(20-31)94-44-21-32(19-41(77)27(44)3)51-62(86)69-52-33-22-46(92-35-11-5-28(6-12-35)56(80)54(64(88)70-51)72-61(50)85)58(82)47(23-33)93-36-13-7-29(8-14-36)57(81)55-65(89)71-53(66(90)91-4)38-24-34(74)25-42(78)48(38)37-18-30(9-15-39(37)75)49(60(84)73-55)68-63(52)87/h5-16,18-26,49-57,74-78,80-82H,17H2,1-4H3,(H,67,83)(H,68,87)(H,69,86)(H,70,88)(H,71,89)(H,72,85)(H,73,84)/t49-,50-,51+,52-,53+,54-,55+,56-,57-/m1/s1. The molecule has 0 saturated carbocycles. The number of ether oxygens (including phenoxy) is 4. The third-order valence-corrected chi connectivity index (χ3v) is 16.1. The van der Waals surface area contributed by atoms with Crippen LogP contribution in [-0.4, -0.2) is 113 Å². The third-order valence-electron chi connectivity index (χ3n) is 16.1. The Hall–Kier alpha value is -11.9. The van der Waals surface area contributed by atoms with Gasteiger partial charge in [-0.05, 0) is 125 Å². The first-order chi connectivity index (χ1) is 44.7. The molecular weight excluding hydrogens is 1230 g/mol. The van der Waals surface area contributed by atoms with Crippen LogP contribution in [-0.2, 0) is 47.9 Å². The van der Waals surface area contributed by atoms with Crippen LogP contribution in [0.2, 0.25) is 0 Å². The number of rotatable bonds is 5. The Bertz CT molecular complexity index is 4310. The van der Waals surface area contributed by atoms with Gasteiger partial charge in [-0.25, -0.2) is 4.79 Å². The summed E-state index contributed by atoms with van der Waals surface area (Å²) in [5, 5.41) is 111. The van der Waals surface area contributed by atoms with Crippen LogP contribution in [0.5, 0.6) is 69.0 Å². The highest BCUT2D eigenvalue weighted by Crippen LogP contribution is 2.47. The fourth-order valence-corrected chi connectivity index (χ4v) is 11.2. The minimum Gasteiger partial charge on any atom is -0.508 e. The first-order valence-corrected chi connectivity index (χ1v) is 29.0. The number of ketones is 1. The molecule has 0 unspecified atom stereocenters. The second-order valence-corrected chi connectivity index (χ2v) is 23.0. The summed E-state index contributed by atoms with van der Waals surface area (Å²) in [5.74, 6) is -17.3. The molecule has 9 atom stereocenters. The quantitative estimate of drug-likeness (QED) is 0.0842. The number of fused-ring (bicyclic) bond motifs is 14. The zero-order valence-electron chi connectivity index (χ0n) is 49.9. The molecule has 6 aliphatic rings. The van der Waals surface area contributed by atoms with Gasteiger partial charge in [-0.2, -0.15) is 0 Å². The second kappa shape index (κ2) is 25.4. The normalized spacial score (nSPS) is 21.8. The van der Waals surface area contributed by atoms with Crippen molar-refractivity contribution in [2.45, 2.75) is 81.7 Å². The number of aromatic hydroxyl groups is 6. The summed E-state index contributed by atoms with van der Waals surface area (Å²) in [6.07, 6.45) is -4.35. The van der Waals surface area contributed by atoms with Crippen molar-refractivity contribution in [1.82, 2.24) is 37.2 Å². The highest BCUT2D eigenvalue weighted by atomic mass is 16.5. The summed E-state index contributed by atoms with van der Waals surface area (Å²) < 4.78 is 23.7. The first-order valence-electron chi connectivity index (χ1n) is 29.0. The molecule has 6 aliphatic heterocycles. The molecule has 0 aromatic heterocycles. The molecular formula is C66H59N7O21. The van der Waals surface area contributed by atoms with Crippen LogP contribution in [0.25, 0.3) is 11.1 Å². The summed E-state index contributed by atoms with van der Waals surface area (Å²) in [6, 6.07) is 8.59. The van der Waals surface area contributed by atoms with Crippen molar-refractivity contribution in [2.75, 3.05) is 7.11 Å². The Morgan fingerprint density at radius 2 is 0.989 bits per heavy atom. The molecule has 0 fully saturated rings. The van der Waals surface area contributed by atoms with Gasteiger partial charge in [0.1, 0.15) is 88.7 Å². The van der Waals surface area contributed by atoms with Crippen molar-refractivity contribution in [2.24, 2.45) is 5.92 Å². The maximum atomic E-state index is 15.8. The van der Waals surface area contributed by atoms with Crippen molar-refractivity contribution >= 4 is 53.1 Å². The number of esters is 1. The summed E-state index contributed by atoms with van der Waals surface area (Å²) >= 11 is 0. The zero-order valence-corrected chi connectivity index (χ0v) is 49.9. The lowest BCUT2D eigenvalue weighted by molar-refractivity contribution is -0.146. The van der Waals surface area contributed by atoms with Crippen LogP contribution >= 0.6 is 0 Å². The number of methoxy groups -OCH3 is 1. The lowest BCUT2D eigenvalue weighted by Gasteiger charge is -2.31. The van der Waals surface area contributed by atoms with E-state index in [1.165, 1.54) is 61.5 Å². The second-order valence-electron chi connectivity index (χ2n) is 23.0. The molecule has 7 aromatic rings. The maximum absolute atomic E-state index is 15.8. The average molecular weight is 1290 g/mol. The van der Waals surface area contributed by atoms with Gasteiger partial charge in [0.15, 0.2) is 29.0 Å². The molecule has 484 valence electrons. The molecule has 94 heavy (non-hydrogen) atoms. The average Bonchev–Trinajstić information content (AvgIpc) is 0.775. The maximum Gasteiger partial charge on any atom is 0.333 e. The molecule has 0 saturated heterocycles. The Labute approximate surface area is 532 Å². The lowest BCUT2D eigenvalue weighted by Crippen LogP contribution is -2.56. The first kappa shape index (κ1) is 63.7. The molecule has 0 aliphatic carbocycles. The van der Waals surface area contributed by atoms with Crippen LogP contribution in [0.15, 0.2) is 121 Å². The number of aliphatic hydroxyl groups is 2. The van der Waals surface area contributed by atoms with Gasteiger partial charge in [-0.15, -0.1) is 0 Å². The van der Waals surface area contributed by atoms with Gasteiger partial charge in [-0.1, -0.05) is 50.2 Å². The topological polar surface area (TPSA) is 437 Å². The summed E-state index contributed by atoms with van der Waals surface area (Å²) in [6.45, 7) is 4.73.